The Hall–Kier alpha value is -1.20. The van der Waals surface area contributed by atoms with E-state index in [-0.39, 0.29) is 6.10 Å². The summed E-state index contributed by atoms with van der Waals surface area (Å²) in [6, 6.07) is 0. The van der Waals surface area contributed by atoms with Crippen molar-refractivity contribution in [1.82, 2.24) is 9.97 Å². The number of hydrogen-bond acceptors (Lipinski definition) is 5. The molecule has 0 atom stereocenters. The Bertz CT molecular complexity index is 376. The van der Waals surface area contributed by atoms with Gasteiger partial charge in [0.05, 0.1) is 13.2 Å². The second-order valence-corrected chi connectivity index (χ2v) is 4.38. The Morgan fingerprint density at radius 2 is 1.88 bits per heavy atom. The Morgan fingerprint density at radius 3 is 2.47 bits per heavy atom. The second-order valence-electron chi connectivity index (χ2n) is 4.38. The van der Waals surface area contributed by atoms with E-state index in [1.54, 1.807) is 19.5 Å². The van der Waals surface area contributed by atoms with E-state index < -0.39 is 5.60 Å². The molecular weight excluding hydrogens is 220 g/mol. The lowest BCUT2D eigenvalue weighted by Crippen LogP contribution is -2.35. The van der Waals surface area contributed by atoms with E-state index in [2.05, 4.69) is 9.97 Å². The molecular formula is C12H18N2O3. The van der Waals surface area contributed by atoms with E-state index in [0.29, 0.717) is 24.4 Å². The Balaban J connectivity index is 2.21. The van der Waals surface area contributed by atoms with Gasteiger partial charge in [0.15, 0.2) is 0 Å². The monoisotopic (exact) mass is 238 g/mol. The van der Waals surface area contributed by atoms with Gasteiger partial charge in [0.1, 0.15) is 11.3 Å². The van der Waals surface area contributed by atoms with Crippen LogP contribution >= 0.6 is 0 Å². The molecule has 0 saturated heterocycles. The summed E-state index contributed by atoms with van der Waals surface area (Å²) >= 11 is 0. The summed E-state index contributed by atoms with van der Waals surface area (Å²) in [5.74, 6) is 0.408. The first-order chi connectivity index (χ1) is 8.19. The SMILES string of the molecule is COc1nccnc1C1(O)CCC(OC)CC1. The molecule has 0 amide bonds. The molecule has 1 saturated carbocycles. The third kappa shape index (κ3) is 2.40. The predicted octanol–water partition coefficient (Wildman–Crippen LogP) is 1.26. The molecule has 1 aliphatic rings. The van der Waals surface area contributed by atoms with Gasteiger partial charge in [-0.15, -0.1) is 0 Å². The standard InChI is InChI=1S/C12H18N2O3/c1-16-9-3-5-12(15,6-4-9)10-11(17-2)14-8-7-13-10/h7-9,15H,3-6H2,1-2H3. The molecule has 0 radical (unpaired) electrons. The number of ether oxygens (including phenoxy) is 2. The van der Waals surface area contributed by atoms with E-state index in [0.717, 1.165) is 12.8 Å². The third-order valence-corrected chi connectivity index (χ3v) is 3.39. The number of aromatic nitrogens is 2. The molecule has 1 fully saturated rings. The number of methoxy groups -OCH3 is 2. The highest BCUT2D eigenvalue weighted by Crippen LogP contribution is 2.39. The molecule has 5 heteroatoms. The van der Waals surface area contributed by atoms with Crippen LogP contribution in [-0.4, -0.2) is 35.4 Å². The van der Waals surface area contributed by atoms with E-state index in [4.69, 9.17) is 9.47 Å². The number of hydrogen-bond donors (Lipinski definition) is 1. The van der Waals surface area contributed by atoms with Crippen LogP contribution in [0.3, 0.4) is 0 Å². The van der Waals surface area contributed by atoms with Gasteiger partial charge in [0.2, 0.25) is 5.88 Å². The molecule has 0 aliphatic heterocycles. The zero-order valence-corrected chi connectivity index (χ0v) is 10.2. The molecule has 0 spiro atoms. The van der Waals surface area contributed by atoms with Crippen molar-refractivity contribution in [3.8, 4) is 5.88 Å². The maximum Gasteiger partial charge on any atom is 0.238 e. The van der Waals surface area contributed by atoms with Crippen molar-refractivity contribution in [2.24, 2.45) is 0 Å². The van der Waals surface area contributed by atoms with Crippen molar-refractivity contribution in [3.63, 3.8) is 0 Å². The van der Waals surface area contributed by atoms with Gasteiger partial charge in [-0.3, -0.25) is 4.98 Å². The Morgan fingerprint density at radius 1 is 1.24 bits per heavy atom. The highest BCUT2D eigenvalue weighted by molar-refractivity contribution is 5.25. The van der Waals surface area contributed by atoms with Crippen LogP contribution in [0.2, 0.25) is 0 Å². The van der Waals surface area contributed by atoms with Gasteiger partial charge in [-0.2, -0.15) is 0 Å². The fourth-order valence-corrected chi connectivity index (χ4v) is 2.34. The van der Waals surface area contributed by atoms with Crippen molar-refractivity contribution < 1.29 is 14.6 Å². The molecule has 0 aromatic carbocycles. The van der Waals surface area contributed by atoms with E-state index in [1.807, 2.05) is 0 Å². The van der Waals surface area contributed by atoms with Gasteiger partial charge in [-0.25, -0.2) is 4.98 Å². The summed E-state index contributed by atoms with van der Waals surface area (Å²) in [6.07, 6.45) is 6.28. The van der Waals surface area contributed by atoms with Crippen molar-refractivity contribution in [3.05, 3.63) is 18.1 Å². The number of nitrogens with zero attached hydrogens (tertiary/aromatic N) is 2. The van der Waals surface area contributed by atoms with Gasteiger partial charge in [0.25, 0.3) is 0 Å². The van der Waals surface area contributed by atoms with Crippen molar-refractivity contribution in [1.29, 1.82) is 0 Å². The third-order valence-electron chi connectivity index (χ3n) is 3.39. The average molecular weight is 238 g/mol. The van der Waals surface area contributed by atoms with Crippen molar-refractivity contribution in [2.75, 3.05) is 14.2 Å². The molecule has 1 heterocycles. The van der Waals surface area contributed by atoms with Crippen molar-refractivity contribution >= 4 is 0 Å². The maximum absolute atomic E-state index is 10.6. The Labute approximate surface area is 101 Å². The van der Waals surface area contributed by atoms with Crippen LogP contribution in [0.1, 0.15) is 31.4 Å². The largest absolute Gasteiger partial charge is 0.480 e. The average Bonchev–Trinajstić information content (AvgIpc) is 2.39. The summed E-state index contributed by atoms with van der Waals surface area (Å²) < 4.78 is 10.5. The molecule has 2 rings (SSSR count). The Kier molecular flexibility index (Phi) is 3.59. The van der Waals surface area contributed by atoms with E-state index >= 15 is 0 Å². The highest BCUT2D eigenvalue weighted by atomic mass is 16.5. The van der Waals surface area contributed by atoms with Gasteiger partial charge < -0.3 is 14.6 Å². The maximum atomic E-state index is 10.6. The van der Waals surface area contributed by atoms with Crippen LogP contribution in [0.4, 0.5) is 0 Å². The van der Waals surface area contributed by atoms with Crippen LogP contribution in [0.25, 0.3) is 0 Å². The molecule has 5 nitrogen and oxygen atoms in total. The quantitative estimate of drug-likeness (QED) is 0.858. The lowest BCUT2D eigenvalue weighted by atomic mass is 9.81. The van der Waals surface area contributed by atoms with E-state index in [1.165, 1.54) is 7.11 Å². The topological polar surface area (TPSA) is 64.5 Å². The summed E-state index contributed by atoms with van der Waals surface area (Å²) in [5.41, 5.74) is -0.397. The molecule has 1 aromatic rings. The first-order valence-electron chi connectivity index (χ1n) is 5.80. The lowest BCUT2D eigenvalue weighted by molar-refractivity contribution is -0.0516. The molecule has 0 bridgehead atoms. The lowest BCUT2D eigenvalue weighted by Gasteiger charge is -2.35. The van der Waals surface area contributed by atoms with Gasteiger partial charge in [0, 0.05) is 19.5 Å². The smallest absolute Gasteiger partial charge is 0.238 e. The minimum Gasteiger partial charge on any atom is -0.480 e. The number of aliphatic hydroxyl groups is 1. The minimum absolute atomic E-state index is 0.234. The van der Waals surface area contributed by atoms with Crippen LogP contribution in [0.15, 0.2) is 12.4 Å². The molecule has 94 valence electrons. The van der Waals surface area contributed by atoms with Gasteiger partial charge in [-0.05, 0) is 25.7 Å². The fourth-order valence-electron chi connectivity index (χ4n) is 2.34. The van der Waals surface area contributed by atoms with Crippen LogP contribution in [0, 0.1) is 0 Å². The van der Waals surface area contributed by atoms with Crippen LogP contribution < -0.4 is 4.74 Å². The summed E-state index contributed by atoms with van der Waals surface area (Å²) in [6.45, 7) is 0. The van der Waals surface area contributed by atoms with Crippen molar-refractivity contribution in [2.45, 2.75) is 37.4 Å². The first kappa shape index (κ1) is 12.3. The van der Waals surface area contributed by atoms with E-state index in [9.17, 15) is 5.11 Å². The summed E-state index contributed by atoms with van der Waals surface area (Å²) in [5, 5.41) is 10.6. The van der Waals surface area contributed by atoms with Crippen LogP contribution in [-0.2, 0) is 10.3 Å². The minimum atomic E-state index is -0.936. The highest BCUT2D eigenvalue weighted by Gasteiger charge is 2.38. The number of rotatable bonds is 3. The molecule has 1 aliphatic carbocycles. The van der Waals surface area contributed by atoms with Gasteiger partial charge >= 0.3 is 0 Å². The van der Waals surface area contributed by atoms with Gasteiger partial charge in [-0.1, -0.05) is 0 Å². The molecule has 1 N–H and O–H groups in total. The first-order valence-corrected chi connectivity index (χ1v) is 5.80. The summed E-state index contributed by atoms with van der Waals surface area (Å²) in [4.78, 5) is 8.30. The molecule has 1 aromatic heterocycles. The summed E-state index contributed by atoms with van der Waals surface area (Å²) in [7, 11) is 3.25. The second kappa shape index (κ2) is 4.98. The zero-order chi connectivity index (χ0) is 12.3. The van der Waals surface area contributed by atoms with Crippen LogP contribution in [0.5, 0.6) is 5.88 Å². The molecule has 0 unspecified atom stereocenters. The molecule has 17 heavy (non-hydrogen) atoms. The fraction of sp³-hybridized carbons (Fsp3) is 0.667. The predicted molar refractivity (Wildman–Crippen MR) is 61.7 cm³/mol. The normalized spacial score (nSPS) is 29.0. The zero-order valence-electron chi connectivity index (χ0n) is 10.2.